The molecule has 1 unspecified atom stereocenters. The maximum atomic E-state index is 12.4. The lowest BCUT2D eigenvalue weighted by molar-refractivity contribution is -0.148. The van der Waals surface area contributed by atoms with Crippen LogP contribution in [0.4, 0.5) is 0 Å². The van der Waals surface area contributed by atoms with Crippen molar-refractivity contribution in [3.05, 3.63) is 0 Å². The molecule has 1 saturated heterocycles. The van der Waals surface area contributed by atoms with E-state index in [1.807, 2.05) is 20.8 Å². The summed E-state index contributed by atoms with van der Waals surface area (Å²) in [6.07, 6.45) is 5.07. The van der Waals surface area contributed by atoms with Gasteiger partial charge in [-0.3, -0.25) is 9.59 Å². The summed E-state index contributed by atoms with van der Waals surface area (Å²) in [7, 11) is 0. The molecule has 2 fully saturated rings. The summed E-state index contributed by atoms with van der Waals surface area (Å²) in [5, 5.41) is 2.80. The predicted octanol–water partition coefficient (Wildman–Crippen LogP) is 1.32. The Kier molecular flexibility index (Phi) is 4.68. The number of ether oxygens (including phenoxy) is 1. The van der Waals surface area contributed by atoms with Crippen molar-refractivity contribution in [2.75, 3.05) is 19.7 Å². The van der Waals surface area contributed by atoms with Crippen LogP contribution in [0.2, 0.25) is 0 Å². The van der Waals surface area contributed by atoms with Crippen LogP contribution in [0, 0.1) is 5.41 Å². The molecule has 1 N–H and O–H groups in total. The number of nitrogens with zero attached hydrogens (tertiary/aromatic N) is 1. The van der Waals surface area contributed by atoms with Crippen molar-refractivity contribution in [1.29, 1.82) is 0 Å². The fraction of sp³-hybridized carbons (Fsp3) is 0.867. The van der Waals surface area contributed by atoms with Gasteiger partial charge in [-0.2, -0.15) is 0 Å². The molecule has 1 heterocycles. The molecule has 1 aliphatic heterocycles. The van der Waals surface area contributed by atoms with E-state index in [2.05, 4.69) is 5.32 Å². The van der Waals surface area contributed by atoms with Gasteiger partial charge in [0.1, 0.15) is 6.04 Å². The highest BCUT2D eigenvalue weighted by Gasteiger charge is 2.39. The molecule has 0 aromatic rings. The molecule has 2 aliphatic rings. The zero-order chi connectivity index (χ0) is 14.8. The van der Waals surface area contributed by atoms with Gasteiger partial charge in [0.05, 0.1) is 19.3 Å². The third-order valence-corrected chi connectivity index (χ3v) is 4.08. The molecular formula is C15H26N2O3. The number of rotatable bonds is 4. The number of hydrogen-bond donors (Lipinski definition) is 1. The van der Waals surface area contributed by atoms with Crippen LogP contribution in [0.25, 0.3) is 0 Å². The smallest absolute Gasteiger partial charge is 0.246 e. The van der Waals surface area contributed by atoms with Gasteiger partial charge in [-0.15, -0.1) is 0 Å². The number of carbonyl (C=O) groups is 2. The third kappa shape index (κ3) is 3.72. The highest BCUT2D eigenvalue weighted by molar-refractivity contribution is 5.95. The molecule has 2 amide bonds. The number of amides is 2. The van der Waals surface area contributed by atoms with E-state index in [9.17, 15) is 9.59 Å². The first-order chi connectivity index (χ1) is 9.38. The lowest BCUT2D eigenvalue weighted by atomic mass is 9.85. The Labute approximate surface area is 121 Å². The van der Waals surface area contributed by atoms with Crippen LogP contribution < -0.4 is 5.32 Å². The highest BCUT2D eigenvalue weighted by Crippen LogP contribution is 2.24. The normalized spacial score (nSPS) is 25.1. The lowest BCUT2D eigenvalue weighted by Gasteiger charge is -2.38. The number of piperazine rings is 1. The summed E-state index contributed by atoms with van der Waals surface area (Å²) in [5.74, 6) is -0.0717. The largest absolute Gasteiger partial charge is 0.376 e. The molecule has 5 heteroatoms. The molecule has 20 heavy (non-hydrogen) atoms. The SMILES string of the molecule is CC(C)(C)C1NC(=O)CN(CCOC2CCCC2)C1=O. The van der Waals surface area contributed by atoms with E-state index in [1.54, 1.807) is 4.90 Å². The summed E-state index contributed by atoms with van der Waals surface area (Å²) in [4.78, 5) is 25.8. The fourth-order valence-electron chi connectivity index (χ4n) is 2.86. The van der Waals surface area contributed by atoms with Crippen molar-refractivity contribution in [3.63, 3.8) is 0 Å². The van der Waals surface area contributed by atoms with E-state index in [0.717, 1.165) is 12.8 Å². The van der Waals surface area contributed by atoms with E-state index < -0.39 is 6.04 Å². The molecule has 0 aromatic heterocycles. The minimum atomic E-state index is -0.435. The molecule has 1 atom stereocenters. The number of nitrogens with one attached hydrogen (secondary N) is 1. The summed E-state index contributed by atoms with van der Waals surface area (Å²) in [5.41, 5.74) is -0.266. The van der Waals surface area contributed by atoms with Gasteiger partial charge in [-0.05, 0) is 18.3 Å². The number of carbonyl (C=O) groups excluding carboxylic acids is 2. The Morgan fingerprint density at radius 2 is 1.90 bits per heavy atom. The van der Waals surface area contributed by atoms with Gasteiger partial charge in [0.15, 0.2) is 0 Å². The van der Waals surface area contributed by atoms with Crippen LogP contribution >= 0.6 is 0 Å². The molecule has 1 aliphatic carbocycles. The Morgan fingerprint density at radius 3 is 2.50 bits per heavy atom. The van der Waals surface area contributed by atoms with Crippen LogP contribution in [0.15, 0.2) is 0 Å². The zero-order valence-corrected chi connectivity index (χ0v) is 12.8. The second-order valence-electron chi connectivity index (χ2n) is 6.90. The molecule has 2 rings (SSSR count). The maximum absolute atomic E-state index is 12.4. The quantitative estimate of drug-likeness (QED) is 0.846. The van der Waals surface area contributed by atoms with E-state index >= 15 is 0 Å². The van der Waals surface area contributed by atoms with Crippen LogP contribution in [-0.4, -0.2) is 48.6 Å². The van der Waals surface area contributed by atoms with E-state index in [4.69, 9.17) is 4.74 Å². The Balaban J connectivity index is 1.86. The van der Waals surface area contributed by atoms with Gasteiger partial charge < -0.3 is 15.0 Å². The molecule has 1 saturated carbocycles. The predicted molar refractivity (Wildman–Crippen MR) is 76.2 cm³/mol. The Hall–Kier alpha value is -1.10. The Bertz CT molecular complexity index is 370. The summed E-state index contributed by atoms with van der Waals surface area (Å²) in [6, 6.07) is -0.435. The first-order valence-electron chi connectivity index (χ1n) is 7.57. The summed E-state index contributed by atoms with van der Waals surface area (Å²) < 4.78 is 5.78. The van der Waals surface area contributed by atoms with Gasteiger partial charge in [-0.25, -0.2) is 0 Å². The monoisotopic (exact) mass is 282 g/mol. The number of hydrogen-bond acceptors (Lipinski definition) is 3. The van der Waals surface area contributed by atoms with Gasteiger partial charge in [-0.1, -0.05) is 33.6 Å². The minimum absolute atomic E-state index is 0.00659. The molecule has 114 valence electrons. The Morgan fingerprint density at radius 1 is 1.25 bits per heavy atom. The van der Waals surface area contributed by atoms with E-state index in [1.165, 1.54) is 12.8 Å². The lowest BCUT2D eigenvalue weighted by Crippen LogP contribution is -2.62. The minimum Gasteiger partial charge on any atom is -0.376 e. The molecule has 0 bridgehead atoms. The first kappa shape index (κ1) is 15.3. The van der Waals surface area contributed by atoms with Crippen molar-refractivity contribution in [2.24, 2.45) is 5.41 Å². The second-order valence-corrected chi connectivity index (χ2v) is 6.90. The van der Waals surface area contributed by atoms with Crippen LogP contribution in [0.5, 0.6) is 0 Å². The van der Waals surface area contributed by atoms with Gasteiger partial charge in [0.25, 0.3) is 0 Å². The first-order valence-corrected chi connectivity index (χ1v) is 7.57. The summed E-state index contributed by atoms with van der Waals surface area (Å²) in [6.45, 7) is 7.09. The average molecular weight is 282 g/mol. The molecule has 0 spiro atoms. The fourth-order valence-corrected chi connectivity index (χ4v) is 2.86. The topological polar surface area (TPSA) is 58.6 Å². The van der Waals surface area contributed by atoms with Crippen LogP contribution in [0.3, 0.4) is 0 Å². The molecule has 0 aromatic carbocycles. The van der Waals surface area contributed by atoms with Crippen molar-refractivity contribution in [3.8, 4) is 0 Å². The molecular weight excluding hydrogens is 256 g/mol. The van der Waals surface area contributed by atoms with Crippen LogP contribution in [-0.2, 0) is 14.3 Å². The summed E-state index contributed by atoms with van der Waals surface area (Å²) >= 11 is 0. The van der Waals surface area contributed by atoms with E-state index in [-0.39, 0.29) is 23.8 Å². The van der Waals surface area contributed by atoms with Gasteiger partial charge >= 0.3 is 0 Å². The standard InChI is InChI=1S/C15H26N2O3/c1-15(2,3)13-14(19)17(10-12(18)16-13)8-9-20-11-6-4-5-7-11/h11,13H,4-10H2,1-3H3,(H,16,18). The molecule has 5 nitrogen and oxygen atoms in total. The maximum Gasteiger partial charge on any atom is 0.246 e. The second kappa shape index (κ2) is 6.12. The van der Waals surface area contributed by atoms with Crippen molar-refractivity contribution in [2.45, 2.75) is 58.6 Å². The molecule has 0 radical (unpaired) electrons. The zero-order valence-electron chi connectivity index (χ0n) is 12.8. The van der Waals surface area contributed by atoms with Gasteiger partial charge in [0, 0.05) is 6.54 Å². The van der Waals surface area contributed by atoms with E-state index in [0.29, 0.717) is 19.3 Å². The van der Waals surface area contributed by atoms with Gasteiger partial charge in [0.2, 0.25) is 11.8 Å². The van der Waals surface area contributed by atoms with Crippen molar-refractivity contribution < 1.29 is 14.3 Å². The third-order valence-electron chi connectivity index (χ3n) is 4.08. The van der Waals surface area contributed by atoms with Crippen molar-refractivity contribution in [1.82, 2.24) is 10.2 Å². The van der Waals surface area contributed by atoms with Crippen molar-refractivity contribution >= 4 is 11.8 Å². The average Bonchev–Trinajstić information content (AvgIpc) is 2.84. The highest BCUT2D eigenvalue weighted by atomic mass is 16.5. The van der Waals surface area contributed by atoms with Crippen LogP contribution in [0.1, 0.15) is 46.5 Å².